The number of halogens is 2. The molecule has 1 aliphatic heterocycles. The Morgan fingerprint density at radius 2 is 1.71 bits per heavy atom. The summed E-state index contributed by atoms with van der Waals surface area (Å²) >= 11 is 6.51. The maximum atomic E-state index is 13.1. The van der Waals surface area contributed by atoms with Gasteiger partial charge in [0.1, 0.15) is 25.6 Å². The molecule has 3 aromatic carbocycles. The molecule has 0 amide bonds. The van der Waals surface area contributed by atoms with E-state index in [1.54, 1.807) is 12.1 Å². The molecular formula is C24H23ClFNO4. The molecule has 0 atom stereocenters. The summed E-state index contributed by atoms with van der Waals surface area (Å²) in [7, 11) is 0. The van der Waals surface area contributed by atoms with E-state index in [0.717, 1.165) is 28.3 Å². The van der Waals surface area contributed by atoms with Crippen molar-refractivity contribution in [3.8, 4) is 23.0 Å². The van der Waals surface area contributed by atoms with E-state index in [2.05, 4.69) is 5.32 Å². The van der Waals surface area contributed by atoms with Gasteiger partial charge in [-0.2, -0.15) is 0 Å². The lowest BCUT2D eigenvalue weighted by molar-refractivity contribution is 0.171. The summed E-state index contributed by atoms with van der Waals surface area (Å²) in [5.41, 5.74) is 2.69. The highest BCUT2D eigenvalue weighted by Gasteiger charge is 2.14. The third-order valence-corrected chi connectivity index (χ3v) is 4.99. The molecule has 0 unspecified atom stereocenters. The number of ether oxygens (including phenoxy) is 4. The van der Waals surface area contributed by atoms with Gasteiger partial charge in [0.05, 0.1) is 11.6 Å². The van der Waals surface area contributed by atoms with Crippen LogP contribution >= 0.6 is 11.6 Å². The lowest BCUT2D eigenvalue weighted by Crippen LogP contribution is -2.15. The van der Waals surface area contributed by atoms with E-state index < -0.39 is 0 Å². The van der Waals surface area contributed by atoms with Gasteiger partial charge in [0.15, 0.2) is 23.0 Å². The second-order valence-corrected chi connectivity index (χ2v) is 7.37. The minimum Gasteiger partial charge on any atom is -0.490 e. The lowest BCUT2D eigenvalue weighted by Gasteiger charge is -2.19. The molecule has 0 saturated carbocycles. The number of hydrogen-bond acceptors (Lipinski definition) is 5. The van der Waals surface area contributed by atoms with Crippen molar-refractivity contribution in [3.63, 3.8) is 0 Å². The summed E-state index contributed by atoms with van der Waals surface area (Å²) < 4.78 is 35.9. The summed E-state index contributed by atoms with van der Waals surface area (Å²) in [4.78, 5) is 0. The SMILES string of the molecule is CCOc1cc(CNc2ccc3c(c2)OCCO3)cc(Cl)c1OCc1ccc(F)cc1. The number of fused-ring (bicyclic) bond motifs is 1. The van der Waals surface area contributed by atoms with E-state index in [-0.39, 0.29) is 12.4 Å². The summed E-state index contributed by atoms with van der Waals surface area (Å²) in [6.07, 6.45) is 0. The Balaban J connectivity index is 1.46. The Kier molecular flexibility index (Phi) is 6.67. The summed E-state index contributed by atoms with van der Waals surface area (Å²) in [5.74, 6) is 2.23. The van der Waals surface area contributed by atoms with E-state index in [9.17, 15) is 4.39 Å². The molecule has 0 aliphatic carbocycles. The predicted molar refractivity (Wildman–Crippen MR) is 118 cm³/mol. The maximum absolute atomic E-state index is 13.1. The molecule has 1 N–H and O–H groups in total. The van der Waals surface area contributed by atoms with Gasteiger partial charge in [-0.25, -0.2) is 4.39 Å². The van der Waals surface area contributed by atoms with Gasteiger partial charge in [0.25, 0.3) is 0 Å². The average molecular weight is 444 g/mol. The van der Waals surface area contributed by atoms with Crippen LogP contribution in [-0.4, -0.2) is 19.8 Å². The highest BCUT2D eigenvalue weighted by Crippen LogP contribution is 2.38. The Labute approximate surface area is 185 Å². The van der Waals surface area contributed by atoms with Crippen LogP contribution in [0.4, 0.5) is 10.1 Å². The van der Waals surface area contributed by atoms with Gasteiger partial charge in [-0.3, -0.25) is 0 Å². The van der Waals surface area contributed by atoms with E-state index in [0.29, 0.717) is 42.9 Å². The molecule has 0 bridgehead atoms. The van der Waals surface area contributed by atoms with Crippen molar-refractivity contribution in [2.75, 3.05) is 25.1 Å². The molecule has 0 aromatic heterocycles. The first-order valence-corrected chi connectivity index (χ1v) is 10.5. The molecule has 31 heavy (non-hydrogen) atoms. The molecule has 0 radical (unpaired) electrons. The number of nitrogens with one attached hydrogen (secondary N) is 1. The minimum absolute atomic E-state index is 0.259. The van der Waals surface area contributed by atoms with E-state index in [1.807, 2.05) is 37.3 Å². The maximum Gasteiger partial charge on any atom is 0.180 e. The zero-order valence-corrected chi connectivity index (χ0v) is 17.9. The number of rotatable bonds is 8. The lowest BCUT2D eigenvalue weighted by atomic mass is 10.2. The average Bonchev–Trinajstić information content (AvgIpc) is 2.78. The monoisotopic (exact) mass is 443 g/mol. The first-order valence-electron chi connectivity index (χ1n) is 10.1. The Hall–Kier alpha value is -3.12. The van der Waals surface area contributed by atoms with Crippen molar-refractivity contribution in [2.45, 2.75) is 20.1 Å². The van der Waals surface area contributed by atoms with Crippen molar-refractivity contribution in [3.05, 3.63) is 76.6 Å². The summed E-state index contributed by atoms with van der Waals surface area (Å²) in [6.45, 7) is 4.28. The molecule has 0 saturated heterocycles. The normalized spacial score (nSPS) is 12.4. The fraction of sp³-hybridized carbons (Fsp3) is 0.250. The molecule has 3 aromatic rings. The van der Waals surface area contributed by atoms with Crippen molar-refractivity contribution >= 4 is 17.3 Å². The van der Waals surface area contributed by atoms with Gasteiger partial charge in [-0.15, -0.1) is 0 Å². The fourth-order valence-corrected chi connectivity index (χ4v) is 3.51. The zero-order chi connectivity index (χ0) is 21.6. The van der Waals surface area contributed by atoms with Crippen LogP contribution in [0.2, 0.25) is 5.02 Å². The molecule has 0 fully saturated rings. The Morgan fingerprint density at radius 3 is 2.48 bits per heavy atom. The van der Waals surface area contributed by atoms with Crippen LogP contribution in [0.3, 0.4) is 0 Å². The van der Waals surface area contributed by atoms with Crippen LogP contribution in [-0.2, 0) is 13.2 Å². The molecule has 162 valence electrons. The smallest absolute Gasteiger partial charge is 0.180 e. The molecule has 5 nitrogen and oxygen atoms in total. The molecule has 4 rings (SSSR count). The second-order valence-electron chi connectivity index (χ2n) is 6.97. The summed E-state index contributed by atoms with van der Waals surface area (Å²) in [5, 5.41) is 3.82. The van der Waals surface area contributed by atoms with E-state index >= 15 is 0 Å². The Morgan fingerprint density at radius 1 is 0.935 bits per heavy atom. The molecule has 7 heteroatoms. The predicted octanol–water partition coefficient (Wildman–Crippen LogP) is 5.84. The Bertz CT molecular complexity index is 1040. The zero-order valence-electron chi connectivity index (χ0n) is 17.1. The molecule has 1 heterocycles. The molecule has 0 spiro atoms. The van der Waals surface area contributed by atoms with Crippen LogP contribution < -0.4 is 24.3 Å². The van der Waals surface area contributed by atoms with Crippen LogP contribution in [0.15, 0.2) is 54.6 Å². The minimum atomic E-state index is -0.286. The van der Waals surface area contributed by atoms with Crippen molar-refractivity contribution in [1.29, 1.82) is 0 Å². The van der Waals surface area contributed by atoms with Gasteiger partial charge in [-0.1, -0.05) is 23.7 Å². The van der Waals surface area contributed by atoms with Crippen LogP contribution in [0, 0.1) is 5.82 Å². The van der Waals surface area contributed by atoms with Crippen molar-refractivity contribution in [2.24, 2.45) is 0 Å². The second kappa shape index (κ2) is 9.79. The van der Waals surface area contributed by atoms with E-state index in [1.165, 1.54) is 12.1 Å². The van der Waals surface area contributed by atoms with Crippen LogP contribution in [0.5, 0.6) is 23.0 Å². The first kappa shape index (κ1) is 21.1. The summed E-state index contributed by atoms with van der Waals surface area (Å²) in [6, 6.07) is 15.6. The number of hydrogen-bond donors (Lipinski definition) is 1. The van der Waals surface area contributed by atoms with Gasteiger partial charge in [0, 0.05) is 18.3 Å². The third kappa shape index (κ3) is 5.33. The highest BCUT2D eigenvalue weighted by atomic mass is 35.5. The van der Waals surface area contributed by atoms with Crippen LogP contribution in [0.1, 0.15) is 18.1 Å². The largest absolute Gasteiger partial charge is 0.490 e. The first-order chi connectivity index (χ1) is 15.1. The van der Waals surface area contributed by atoms with Gasteiger partial charge < -0.3 is 24.3 Å². The van der Waals surface area contributed by atoms with Crippen molar-refractivity contribution < 1.29 is 23.3 Å². The topological polar surface area (TPSA) is 49.0 Å². The standard InChI is InChI=1S/C24H23ClFNO4/c1-2-28-23-12-17(14-27-19-7-8-21-22(13-19)30-10-9-29-21)11-20(25)24(23)31-15-16-3-5-18(26)6-4-16/h3-8,11-13,27H,2,9-10,14-15H2,1H3. The number of anilines is 1. The number of benzene rings is 3. The van der Waals surface area contributed by atoms with Gasteiger partial charge in [0.2, 0.25) is 0 Å². The quantitative estimate of drug-likeness (QED) is 0.474. The molecular weight excluding hydrogens is 421 g/mol. The van der Waals surface area contributed by atoms with Gasteiger partial charge in [-0.05, 0) is 54.4 Å². The van der Waals surface area contributed by atoms with Crippen LogP contribution in [0.25, 0.3) is 0 Å². The fourth-order valence-electron chi connectivity index (χ4n) is 3.22. The van der Waals surface area contributed by atoms with E-state index in [4.69, 9.17) is 30.5 Å². The highest BCUT2D eigenvalue weighted by molar-refractivity contribution is 6.32. The molecule has 1 aliphatic rings. The van der Waals surface area contributed by atoms with Crippen molar-refractivity contribution in [1.82, 2.24) is 0 Å². The van der Waals surface area contributed by atoms with Gasteiger partial charge >= 0.3 is 0 Å². The third-order valence-electron chi connectivity index (χ3n) is 4.70.